The van der Waals surface area contributed by atoms with Gasteiger partial charge in [0.1, 0.15) is 12.4 Å². The Balaban J connectivity index is 1.41. The normalized spacial score (nSPS) is 30.7. The molecule has 6 rings (SSSR count). The van der Waals surface area contributed by atoms with E-state index in [0.717, 1.165) is 62.9 Å². The third kappa shape index (κ3) is 7.59. The first-order valence-corrected chi connectivity index (χ1v) is 19.6. The molecule has 2 aliphatic carbocycles. The number of halogens is 1. The Labute approximate surface area is 291 Å². The van der Waals surface area contributed by atoms with Crippen LogP contribution in [0.15, 0.2) is 48.6 Å². The second-order valence-corrected chi connectivity index (χ2v) is 17.0. The van der Waals surface area contributed by atoms with Gasteiger partial charge in [-0.15, -0.1) is 0 Å². The standard InChI is InChI=1S/C38H51ClN2O6S/c1-25-8-7-18-38(46-4,22-36(45-3)27-10-11-27)33-16-13-30(33)23-41-19-6-5-9-28-20-32(39)15-12-31(28)24-47-35-17-14-29(21-34(35)41)37(42)40-48(43,44)26(25)2/h7,12,14-15,17-18,20-21,25-27,30,33,36H,5-6,8-11,13,16,19,22-24H2,1-4H3,(H,40,42)/b18-7+/t25-,26+,30-,33+,36+,38+/m0/s1. The van der Waals surface area contributed by atoms with Gasteiger partial charge in [0.15, 0.2) is 0 Å². The van der Waals surface area contributed by atoms with E-state index in [2.05, 4.69) is 21.8 Å². The number of fused-ring (bicyclic) bond motifs is 3. The molecular weight excluding hydrogens is 648 g/mol. The van der Waals surface area contributed by atoms with E-state index in [4.69, 9.17) is 25.8 Å². The Bertz CT molecular complexity index is 1610. The van der Waals surface area contributed by atoms with Gasteiger partial charge in [-0.2, -0.15) is 0 Å². The van der Waals surface area contributed by atoms with Crippen molar-refractivity contribution in [3.8, 4) is 5.75 Å². The van der Waals surface area contributed by atoms with Gasteiger partial charge in [-0.25, -0.2) is 13.1 Å². The average Bonchev–Trinajstić information content (AvgIpc) is 3.90. The maximum Gasteiger partial charge on any atom is 0.264 e. The minimum Gasteiger partial charge on any atom is -0.487 e. The molecule has 0 aromatic heterocycles. The molecule has 2 saturated carbocycles. The molecule has 2 bridgehead atoms. The van der Waals surface area contributed by atoms with Crippen molar-refractivity contribution in [2.45, 2.75) is 95.2 Å². The molecule has 262 valence electrons. The zero-order valence-corrected chi connectivity index (χ0v) is 30.3. The Hall–Kier alpha value is -2.59. The highest BCUT2D eigenvalue weighted by Crippen LogP contribution is 2.50. The number of sulfonamides is 1. The third-order valence-electron chi connectivity index (χ3n) is 11.5. The number of aryl methyl sites for hydroxylation is 1. The van der Waals surface area contributed by atoms with Crippen LogP contribution in [0.2, 0.25) is 5.02 Å². The number of allylic oxidation sites excluding steroid dienone is 1. The lowest BCUT2D eigenvalue weighted by Gasteiger charge is -2.51. The molecule has 0 radical (unpaired) electrons. The van der Waals surface area contributed by atoms with Gasteiger partial charge in [0.2, 0.25) is 10.0 Å². The number of hydrogen-bond acceptors (Lipinski definition) is 7. The van der Waals surface area contributed by atoms with Crippen LogP contribution in [0, 0.1) is 23.7 Å². The van der Waals surface area contributed by atoms with Gasteiger partial charge >= 0.3 is 0 Å². The summed E-state index contributed by atoms with van der Waals surface area (Å²) in [5.41, 5.74) is 2.84. The molecular formula is C38H51ClN2O6S. The maximum absolute atomic E-state index is 13.5. The predicted molar refractivity (Wildman–Crippen MR) is 190 cm³/mol. The van der Waals surface area contributed by atoms with Crippen LogP contribution in [0.5, 0.6) is 5.75 Å². The van der Waals surface area contributed by atoms with Crippen molar-refractivity contribution in [2.75, 3.05) is 32.2 Å². The van der Waals surface area contributed by atoms with Gasteiger partial charge in [-0.3, -0.25) is 4.79 Å². The Morgan fingerprint density at radius 1 is 1.06 bits per heavy atom. The second-order valence-electron chi connectivity index (χ2n) is 14.5. The summed E-state index contributed by atoms with van der Waals surface area (Å²) in [6.45, 7) is 5.51. The van der Waals surface area contributed by atoms with Crippen LogP contribution in [0.4, 0.5) is 5.69 Å². The van der Waals surface area contributed by atoms with E-state index >= 15 is 0 Å². The van der Waals surface area contributed by atoms with Crippen molar-refractivity contribution in [1.82, 2.24) is 4.72 Å². The summed E-state index contributed by atoms with van der Waals surface area (Å²) in [4.78, 5) is 15.9. The number of carbonyl (C=O) groups excluding carboxylic acids is 1. The molecule has 2 aliphatic heterocycles. The molecule has 10 heteroatoms. The van der Waals surface area contributed by atoms with Crippen LogP contribution in [-0.2, 0) is 32.5 Å². The fourth-order valence-electron chi connectivity index (χ4n) is 7.92. The highest BCUT2D eigenvalue weighted by Gasteiger charge is 2.50. The number of benzene rings is 2. The smallest absolute Gasteiger partial charge is 0.264 e. The van der Waals surface area contributed by atoms with Crippen molar-refractivity contribution in [3.05, 3.63) is 70.3 Å². The molecule has 2 heterocycles. The van der Waals surface area contributed by atoms with Crippen molar-refractivity contribution < 1.29 is 27.4 Å². The summed E-state index contributed by atoms with van der Waals surface area (Å²) >= 11 is 6.38. The van der Waals surface area contributed by atoms with Gasteiger partial charge < -0.3 is 19.1 Å². The summed E-state index contributed by atoms with van der Waals surface area (Å²) in [7, 11) is -0.322. The van der Waals surface area contributed by atoms with Crippen LogP contribution in [0.25, 0.3) is 0 Å². The molecule has 48 heavy (non-hydrogen) atoms. The lowest BCUT2D eigenvalue weighted by Crippen LogP contribution is -2.52. The first-order valence-electron chi connectivity index (χ1n) is 17.6. The molecule has 0 unspecified atom stereocenters. The van der Waals surface area contributed by atoms with E-state index in [0.29, 0.717) is 41.2 Å². The van der Waals surface area contributed by atoms with Gasteiger partial charge in [0.25, 0.3) is 5.91 Å². The molecule has 1 amide bonds. The summed E-state index contributed by atoms with van der Waals surface area (Å²) in [5, 5.41) is -0.0626. The largest absolute Gasteiger partial charge is 0.487 e. The third-order valence-corrected chi connectivity index (χ3v) is 13.7. The highest BCUT2D eigenvalue weighted by atomic mass is 35.5. The van der Waals surface area contributed by atoms with E-state index in [1.165, 1.54) is 18.4 Å². The molecule has 1 N–H and O–H groups in total. The second kappa shape index (κ2) is 14.7. The lowest BCUT2D eigenvalue weighted by atomic mass is 9.62. The van der Waals surface area contributed by atoms with Gasteiger partial charge in [-0.1, -0.05) is 36.7 Å². The lowest BCUT2D eigenvalue weighted by molar-refractivity contribution is -0.106. The average molecular weight is 699 g/mol. The van der Waals surface area contributed by atoms with E-state index in [-0.39, 0.29) is 17.9 Å². The van der Waals surface area contributed by atoms with Gasteiger partial charge in [0, 0.05) is 44.3 Å². The number of nitrogens with zero attached hydrogens (tertiary/aromatic N) is 1. The monoisotopic (exact) mass is 698 g/mol. The quantitative estimate of drug-likeness (QED) is 0.327. The predicted octanol–water partition coefficient (Wildman–Crippen LogP) is 7.33. The number of anilines is 1. The molecule has 2 fully saturated rings. The minimum atomic E-state index is -3.94. The summed E-state index contributed by atoms with van der Waals surface area (Å²) in [5.74, 6) is 0.986. The molecule has 0 spiro atoms. The summed E-state index contributed by atoms with van der Waals surface area (Å²) < 4.78 is 48.5. The summed E-state index contributed by atoms with van der Waals surface area (Å²) in [6.07, 6.45) is 13.0. The van der Waals surface area contributed by atoms with Gasteiger partial charge in [-0.05, 0) is 123 Å². The van der Waals surface area contributed by atoms with E-state index in [1.807, 2.05) is 51.5 Å². The fourth-order valence-corrected chi connectivity index (χ4v) is 9.40. The number of rotatable bonds is 5. The van der Waals surface area contributed by atoms with Crippen LogP contribution < -0.4 is 14.4 Å². The zero-order valence-electron chi connectivity index (χ0n) is 28.8. The SMILES string of the molecule is CO[C@H](C[C@]1(OC)/C=C/C[C@H](C)[C@@H](C)S(=O)(=O)NC(=O)c2ccc3c(c2)N(CCCCc2cc(Cl)ccc2CO3)C[C@@H]2CC[C@H]21)C1CC1. The fraction of sp³-hybridized carbons (Fsp3) is 0.605. The van der Waals surface area contributed by atoms with Crippen molar-refractivity contribution in [2.24, 2.45) is 23.7 Å². The van der Waals surface area contributed by atoms with Crippen LogP contribution in [0.3, 0.4) is 0 Å². The van der Waals surface area contributed by atoms with Gasteiger partial charge in [0.05, 0.1) is 22.6 Å². The van der Waals surface area contributed by atoms with Crippen LogP contribution >= 0.6 is 11.6 Å². The number of hydrogen-bond donors (Lipinski definition) is 1. The topological polar surface area (TPSA) is 94.2 Å². The van der Waals surface area contributed by atoms with Crippen molar-refractivity contribution in [1.29, 1.82) is 0 Å². The number of amides is 1. The molecule has 0 saturated heterocycles. The van der Waals surface area contributed by atoms with Crippen molar-refractivity contribution in [3.63, 3.8) is 0 Å². The minimum absolute atomic E-state index is 0.109. The number of methoxy groups -OCH3 is 2. The Kier molecular flexibility index (Phi) is 10.8. The Morgan fingerprint density at radius 2 is 1.88 bits per heavy atom. The number of ether oxygens (including phenoxy) is 3. The molecule has 4 aliphatic rings. The first-order chi connectivity index (χ1) is 23.0. The van der Waals surface area contributed by atoms with E-state index < -0.39 is 26.8 Å². The maximum atomic E-state index is 13.5. The highest BCUT2D eigenvalue weighted by molar-refractivity contribution is 7.90. The number of carbonyl (C=O) groups is 1. The summed E-state index contributed by atoms with van der Waals surface area (Å²) in [6, 6.07) is 11.2. The van der Waals surface area contributed by atoms with Crippen LogP contribution in [-0.4, -0.2) is 58.6 Å². The first kappa shape index (κ1) is 35.2. The number of nitrogens with one attached hydrogen (secondary N) is 1. The zero-order chi connectivity index (χ0) is 34.1. The molecule has 8 nitrogen and oxygen atoms in total. The van der Waals surface area contributed by atoms with E-state index in [9.17, 15) is 13.2 Å². The molecule has 2 aromatic rings. The molecule has 2 aromatic carbocycles. The Morgan fingerprint density at radius 3 is 2.58 bits per heavy atom. The van der Waals surface area contributed by atoms with Crippen LogP contribution in [0.1, 0.15) is 86.7 Å². The van der Waals surface area contributed by atoms with Crippen molar-refractivity contribution >= 4 is 33.2 Å². The van der Waals surface area contributed by atoms with E-state index in [1.54, 1.807) is 13.0 Å². The molecule has 6 atom stereocenters.